The van der Waals surface area contributed by atoms with Crippen LogP contribution in [0.5, 0.6) is 0 Å². The van der Waals surface area contributed by atoms with Gasteiger partial charge in [-0.2, -0.15) is 0 Å². The van der Waals surface area contributed by atoms with Gasteiger partial charge >= 0.3 is 0 Å². The molecule has 1 rings (SSSR count). The lowest BCUT2D eigenvalue weighted by Gasteiger charge is -2.15. The average molecular weight is 235 g/mol. The smallest absolute Gasteiger partial charge is 0.0456 e. The number of benzene rings is 1. The van der Waals surface area contributed by atoms with Gasteiger partial charge in [-0.25, -0.2) is 0 Å². The van der Waals surface area contributed by atoms with Crippen LogP contribution in [0.25, 0.3) is 0 Å². The Bertz CT molecular complexity index is 269. The second-order valence-corrected chi connectivity index (χ2v) is 3.56. The van der Waals surface area contributed by atoms with Crippen LogP contribution in [0.15, 0.2) is 18.2 Å². The molecule has 0 aliphatic heterocycles. The van der Waals surface area contributed by atoms with Gasteiger partial charge in [0.05, 0.1) is 0 Å². The predicted octanol–water partition coefficient (Wildman–Crippen LogP) is 2.42. The summed E-state index contributed by atoms with van der Waals surface area (Å²) in [6.07, 6.45) is 0.768. The molecule has 0 saturated carbocycles. The molecule has 1 atom stereocenters. The van der Waals surface area contributed by atoms with Gasteiger partial charge < -0.3 is 11.5 Å². The van der Waals surface area contributed by atoms with E-state index in [0.29, 0.717) is 6.54 Å². The van der Waals surface area contributed by atoms with E-state index >= 15 is 0 Å². The molecule has 0 aliphatic carbocycles. The standard InChI is InChI=1S/C10H15ClN2.ClH/c1-7-3-2-4-8(11)10(7)9(13)5-6-12;/h2-4,9H,5-6,12-13H2,1H3;1H/t9-;/m0./s1. The zero-order valence-electron chi connectivity index (χ0n) is 8.16. The molecule has 0 unspecified atom stereocenters. The summed E-state index contributed by atoms with van der Waals surface area (Å²) in [7, 11) is 0. The number of hydrogen-bond acceptors (Lipinski definition) is 2. The van der Waals surface area contributed by atoms with Crippen LogP contribution in [0.4, 0.5) is 0 Å². The Morgan fingerprint density at radius 1 is 1.43 bits per heavy atom. The van der Waals surface area contributed by atoms with Crippen molar-refractivity contribution in [3.63, 3.8) is 0 Å². The summed E-state index contributed by atoms with van der Waals surface area (Å²) in [6, 6.07) is 5.76. The molecule has 0 heterocycles. The lowest BCUT2D eigenvalue weighted by molar-refractivity contribution is 0.658. The van der Waals surface area contributed by atoms with Crippen LogP contribution >= 0.6 is 24.0 Å². The van der Waals surface area contributed by atoms with Crippen LogP contribution < -0.4 is 11.5 Å². The Kier molecular flexibility index (Phi) is 6.12. The minimum Gasteiger partial charge on any atom is -0.330 e. The fourth-order valence-corrected chi connectivity index (χ4v) is 1.80. The topological polar surface area (TPSA) is 52.0 Å². The van der Waals surface area contributed by atoms with Crippen molar-refractivity contribution in [2.75, 3.05) is 6.54 Å². The van der Waals surface area contributed by atoms with Crippen molar-refractivity contribution in [2.24, 2.45) is 11.5 Å². The molecule has 0 aliphatic rings. The van der Waals surface area contributed by atoms with E-state index < -0.39 is 0 Å². The van der Waals surface area contributed by atoms with Crippen molar-refractivity contribution >= 4 is 24.0 Å². The molecular formula is C10H16Cl2N2. The Labute approximate surface area is 96.0 Å². The van der Waals surface area contributed by atoms with Gasteiger partial charge in [-0.1, -0.05) is 23.7 Å². The Morgan fingerprint density at radius 2 is 2.07 bits per heavy atom. The predicted molar refractivity (Wildman–Crippen MR) is 64.0 cm³/mol. The summed E-state index contributed by atoms with van der Waals surface area (Å²) in [6.45, 7) is 2.60. The van der Waals surface area contributed by atoms with Gasteiger partial charge in [0, 0.05) is 11.1 Å². The molecule has 0 spiro atoms. The van der Waals surface area contributed by atoms with E-state index in [2.05, 4.69) is 0 Å². The van der Waals surface area contributed by atoms with Crippen LogP contribution in [-0.2, 0) is 0 Å². The van der Waals surface area contributed by atoms with E-state index in [9.17, 15) is 0 Å². The molecule has 0 bridgehead atoms. The van der Waals surface area contributed by atoms with Crippen molar-refractivity contribution in [1.82, 2.24) is 0 Å². The van der Waals surface area contributed by atoms with Crippen molar-refractivity contribution in [3.8, 4) is 0 Å². The van der Waals surface area contributed by atoms with Crippen molar-refractivity contribution in [3.05, 3.63) is 34.3 Å². The number of hydrogen-bond donors (Lipinski definition) is 2. The average Bonchev–Trinajstić information content (AvgIpc) is 2.04. The fraction of sp³-hybridized carbons (Fsp3) is 0.400. The third-order valence-corrected chi connectivity index (χ3v) is 2.45. The first kappa shape index (κ1) is 13.7. The maximum Gasteiger partial charge on any atom is 0.0456 e. The molecule has 4 heteroatoms. The molecule has 1 aromatic rings. The first-order chi connectivity index (χ1) is 6.16. The number of halogens is 2. The summed E-state index contributed by atoms with van der Waals surface area (Å²) < 4.78 is 0. The highest BCUT2D eigenvalue weighted by Gasteiger charge is 2.11. The molecule has 2 nitrogen and oxygen atoms in total. The van der Waals surface area contributed by atoms with E-state index in [4.69, 9.17) is 23.1 Å². The minimum absolute atomic E-state index is 0. The Balaban J connectivity index is 0.00000169. The van der Waals surface area contributed by atoms with Crippen molar-refractivity contribution in [1.29, 1.82) is 0 Å². The summed E-state index contributed by atoms with van der Waals surface area (Å²) in [5.74, 6) is 0. The highest BCUT2D eigenvalue weighted by molar-refractivity contribution is 6.31. The van der Waals surface area contributed by atoms with Gasteiger partial charge in [-0.3, -0.25) is 0 Å². The van der Waals surface area contributed by atoms with Crippen LogP contribution in [0.3, 0.4) is 0 Å². The van der Waals surface area contributed by atoms with Crippen molar-refractivity contribution < 1.29 is 0 Å². The summed E-state index contributed by atoms with van der Waals surface area (Å²) >= 11 is 6.04. The van der Waals surface area contributed by atoms with E-state index in [1.54, 1.807) is 0 Å². The molecule has 4 N–H and O–H groups in total. The van der Waals surface area contributed by atoms with Gasteiger partial charge in [0.1, 0.15) is 0 Å². The Hall–Kier alpha value is -0.280. The number of nitrogens with two attached hydrogens (primary N) is 2. The third kappa shape index (κ3) is 3.14. The van der Waals surface area contributed by atoms with Gasteiger partial charge in [0.2, 0.25) is 0 Å². The summed E-state index contributed by atoms with van der Waals surface area (Å²) in [4.78, 5) is 0. The number of rotatable bonds is 3. The molecule has 80 valence electrons. The van der Waals surface area contributed by atoms with Crippen molar-refractivity contribution in [2.45, 2.75) is 19.4 Å². The largest absolute Gasteiger partial charge is 0.330 e. The summed E-state index contributed by atoms with van der Waals surface area (Å²) in [5, 5.41) is 0.737. The van der Waals surface area contributed by atoms with Gasteiger partial charge in [-0.15, -0.1) is 12.4 Å². The van der Waals surface area contributed by atoms with Crippen LogP contribution in [0.2, 0.25) is 5.02 Å². The highest BCUT2D eigenvalue weighted by Crippen LogP contribution is 2.26. The lowest BCUT2D eigenvalue weighted by atomic mass is 9.99. The van der Waals surface area contributed by atoms with Gasteiger partial charge in [0.25, 0.3) is 0 Å². The molecule has 0 fully saturated rings. The lowest BCUT2D eigenvalue weighted by Crippen LogP contribution is -2.16. The van der Waals surface area contributed by atoms with Crippen LogP contribution in [-0.4, -0.2) is 6.54 Å². The zero-order valence-corrected chi connectivity index (χ0v) is 9.74. The first-order valence-corrected chi connectivity index (χ1v) is 4.75. The van der Waals surface area contributed by atoms with Crippen LogP contribution in [0, 0.1) is 6.92 Å². The van der Waals surface area contributed by atoms with E-state index in [1.165, 1.54) is 0 Å². The molecule has 1 aromatic carbocycles. The van der Waals surface area contributed by atoms with Crippen LogP contribution in [0.1, 0.15) is 23.6 Å². The second-order valence-electron chi connectivity index (χ2n) is 3.15. The van der Waals surface area contributed by atoms with E-state index in [1.807, 2.05) is 25.1 Å². The third-order valence-electron chi connectivity index (χ3n) is 2.12. The highest BCUT2D eigenvalue weighted by atomic mass is 35.5. The molecule has 0 radical (unpaired) electrons. The van der Waals surface area contributed by atoms with Gasteiger partial charge in [-0.05, 0) is 37.1 Å². The molecule has 0 saturated heterocycles. The maximum absolute atomic E-state index is 6.04. The van der Waals surface area contributed by atoms with Gasteiger partial charge in [0.15, 0.2) is 0 Å². The monoisotopic (exact) mass is 234 g/mol. The molecule has 0 amide bonds. The SMILES string of the molecule is Cc1cccc(Cl)c1[C@@H](N)CCN.Cl. The number of aryl methyl sites for hydroxylation is 1. The summed E-state index contributed by atoms with van der Waals surface area (Å²) in [5.41, 5.74) is 13.5. The molecule has 0 aromatic heterocycles. The van der Waals surface area contributed by atoms with E-state index in [0.717, 1.165) is 22.6 Å². The fourth-order valence-electron chi connectivity index (χ4n) is 1.44. The molecule has 14 heavy (non-hydrogen) atoms. The Morgan fingerprint density at radius 3 is 2.57 bits per heavy atom. The minimum atomic E-state index is -0.0429. The maximum atomic E-state index is 6.04. The molecular weight excluding hydrogens is 219 g/mol. The quantitative estimate of drug-likeness (QED) is 0.845. The zero-order chi connectivity index (χ0) is 9.84. The van der Waals surface area contributed by atoms with E-state index in [-0.39, 0.29) is 18.4 Å². The first-order valence-electron chi connectivity index (χ1n) is 4.37. The second kappa shape index (κ2) is 6.25. The normalized spacial score (nSPS) is 12.0.